The van der Waals surface area contributed by atoms with Crippen LogP contribution in [-0.4, -0.2) is 0 Å². The molecule has 0 aliphatic heterocycles. The Hall–Kier alpha value is -3.67. The van der Waals surface area contributed by atoms with Gasteiger partial charge in [-0.15, -0.1) is 11.3 Å². The molecule has 1 aromatic heterocycles. The maximum Gasteiger partial charge on any atom is 0.416 e. The summed E-state index contributed by atoms with van der Waals surface area (Å²) in [7, 11) is 0. The third kappa shape index (κ3) is 5.31. The van der Waals surface area contributed by atoms with Gasteiger partial charge in [0, 0.05) is 9.75 Å². The third-order valence-corrected chi connectivity index (χ3v) is 6.47. The average Bonchev–Trinajstić information content (AvgIpc) is 3.32. The van der Waals surface area contributed by atoms with Crippen molar-refractivity contribution in [2.45, 2.75) is 12.4 Å². The van der Waals surface area contributed by atoms with E-state index in [2.05, 4.69) is 0 Å². The minimum atomic E-state index is -4.65. The van der Waals surface area contributed by atoms with E-state index >= 15 is 0 Å². The topological polar surface area (TPSA) is 0 Å². The number of alkyl halides is 6. The van der Waals surface area contributed by atoms with Gasteiger partial charge < -0.3 is 0 Å². The molecule has 38 heavy (non-hydrogen) atoms. The van der Waals surface area contributed by atoms with Gasteiger partial charge in [-0.2, -0.15) is 26.3 Å². The van der Waals surface area contributed by atoms with E-state index in [1.54, 1.807) is 0 Å². The molecular weight excluding hydrogens is 553 g/mol. The van der Waals surface area contributed by atoms with E-state index in [0.717, 1.165) is 54.6 Å². The molecule has 0 bridgehead atoms. The first-order chi connectivity index (χ1) is 17.7. The largest absolute Gasteiger partial charge is 0.416 e. The Morgan fingerprint density at radius 1 is 0.526 bits per heavy atom. The van der Waals surface area contributed by atoms with Crippen LogP contribution in [0.2, 0.25) is 0 Å². The van der Waals surface area contributed by atoms with Crippen molar-refractivity contribution in [3.05, 3.63) is 117 Å². The predicted molar refractivity (Wildman–Crippen MR) is 119 cm³/mol. The zero-order valence-electron chi connectivity index (χ0n) is 18.4. The Morgan fingerprint density at radius 3 is 1.32 bits per heavy atom. The highest BCUT2D eigenvalue weighted by Crippen LogP contribution is 2.39. The van der Waals surface area contributed by atoms with E-state index in [4.69, 9.17) is 0 Å². The van der Waals surface area contributed by atoms with Crippen LogP contribution in [0.5, 0.6) is 0 Å². The van der Waals surface area contributed by atoms with Gasteiger partial charge in [0.15, 0.2) is 23.3 Å². The van der Waals surface area contributed by atoms with Gasteiger partial charge >= 0.3 is 12.4 Å². The SMILES string of the molecule is Fc1c(F)c(F)c(-c2ccc(C=C(c3ccc(C(F)(F)F)cc3)c3ccc(C(F)(F)F)cc3)s2)c(F)c1F. The second kappa shape index (κ2) is 9.90. The summed E-state index contributed by atoms with van der Waals surface area (Å²) < 4.78 is 147. The van der Waals surface area contributed by atoms with Gasteiger partial charge in [0.2, 0.25) is 5.82 Å². The molecule has 0 aliphatic carbocycles. The standard InChI is InChI=1S/C26H11F11S/c27-20-19(21(28)23(30)24(31)22(20)29)18-10-9-16(38-18)11-17(12-1-5-14(6-2-12)25(32,33)34)13-3-7-15(8-4-13)26(35,36)37/h1-11H. The molecule has 0 N–H and O–H groups in total. The monoisotopic (exact) mass is 564 g/mol. The molecule has 4 rings (SSSR count). The Labute approximate surface area is 211 Å². The normalized spacial score (nSPS) is 12.1. The molecule has 0 saturated carbocycles. The number of hydrogen-bond donors (Lipinski definition) is 0. The van der Waals surface area contributed by atoms with Crippen LogP contribution in [0, 0.1) is 29.1 Å². The van der Waals surface area contributed by atoms with Gasteiger partial charge in [-0.1, -0.05) is 24.3 Å². The Morgan fingerprint density at radius 2 is 0.921 bits per heavy atom. The van der Waals surface area contributed by atoms with E-state index in [1.165, 1.54) is 12.1 Å². The lowest BCUT2D eigenvalue weighted by atomic mass is 9.95. The van der Waals surface area contributed by atoms with Crippen molar-refractivity contribution in [3.63, 3.8) is 0 Å². The lowest BCUT2D eigenvalue weighted by molar-refractivity contribution is -0.138. The summed E-state index contributed by atoms with van der Waals surface area (Å²) in [5.74, 6) is -10.7. The Balaban J connectivity index is 1.83. The van der Waals surface area contributed by atoms with Crippen molar-refractivity contribution in [1.82, 2.24) is 0 Å². The first kappa shape index (κ1) is 27.4. The van der Waals surface area contributed by atoms with Crippen LogP contribution >= 0.6 is 11.3 Å². The number of rotatable bonds is 4. The fraction of sp³-hybridized carbons (Fsp3) is 0.0769. The number of hydrogen-bond acceptors (Lipinski definition) is 1. The summed E-state index contributed by atoms with van der Waals surface area (Å²) in [4.78, 5) is -0.179. The van der Waals surface area contributed by atoms with Gasteiger partial charge in [-0.25, -0.2) is 22.0 Å². The van der Waals surface area contributed by atoms with Crippen LogP contribution in [0.3, 0.4) is 0 Å². The predicted octanol–water partition coefficient (Wildman–Crippen LogP) is 9.74. The van der Waals surface area contributed by atoms with Crippen LogP contribution < -0.4 is 0 Å². The molecule has 0 fully saturated rings. The highest BCUT2D eigenvalue weighted by Gasteiger charge is 2.31. The lowest BCUT2D eigenvalue weighted by Gasteiger charge is -2.13. The summed E-state index contributed by atoms with van der Waals surface area (Å²) in [6, 6.07) is 9.75. The summed E-state index contributed by atoms with van der Waals surface area (Å²) in [6.07, 6.45) is -7.98. The van der Waals surface area contributed by atoms with Crippen LogP contribution in [0.1, 0.15) is 27.1 Å². The molecule has 0 radical (unpaired) electrons. The highest BCUT2D eigenvalue weighted by molar-refractivity contribution is 7.16. The van der Waals surface area contributed by atoms with E-state index in [1.807, 2.05) is 0 Å². The van der Waals surface area contributed by atoms with Crippen LogP contribution in [0.25, 0.3) is 22.1 Å². The smallest absolute Gasteiger partial charge is 0.203 e. The fourth-order valence-electron chi connectivity index (χ4n) is 3.54. The highest BCUT2D eigenvalue weighted by atomic mass is 32.1. The van der Waals surface area contributed by atoms with Gasteiger partial charge in [-0.05, 0) is 59.2 Å². The first-order valence-corrected chi connectivity index (χ1v) is 11.2. The quantitative estimate of drug-likeness (QED) is 0.132. The fourth-order valence-corrected chi connectivity index (χ4v) is 4.52. The van der Waals surface area contributed by atoms with E-state index < -0.39 is 58.1 Å². The lowest BCUT2D eigenvalue weighted by Crippen LogP contribution is -2.05. The molecule has 0 nitrogen and oxygen atoms in total. The maximum absolute atomic E-state index is 14.2. The van der Waals surface area contributed by atoms with E-state index in [-0.39, 0.29) is 26.5 Å². The zero-order chi connectivity index (χ0) is 28.0. The van der Waals surface area contributed by atoms with Gasteiger partial charge in [0.1, 0.15) is 0 Å². The molecule has 0 atom stereocenters. The van der Waals surface area contributed by atoms with Crippen molar-refractivity contribution in [2.75, 3.05) is 0 Å². The van der Waals surface area contributed by atoms with E-state index in [0.29, 0.717) is 11.3 Å². The average molecular weight is 564 g/mol. The molecule has 0 unspecified atom stereocenters. The van der Waals surface area contributed by atoms with Crippen molar-refractivity contribution in [1.29, 1.82) is 0 Å². The zero-order valence-corrected chi connectivity index (χ0v) is 19.2. The maximum atomic E-state index is 14.2. The molecular formula is C26H11F11S. The summed E-state index contributed by atoms with van der Waals surface area (Å²) >= 11 is 0.598. The molecule has 12 heteroatoms. The Bertz CT molecular complexity index is 1420. The van der Waals surface area contributed by atoms with E-state index in [9.17, 15) is 48.3 Å². The Kier molecular flexibility index (Phi) is 7.13. The number of halogens is 11. The molecule has 198 valence electrons. The van der Waals surface area contributed by atoms with Crippen molar-refractivity contribution >= 4 is 23.0 Å². The van der Waals surface area contributed by atoms with Crippen LogP contribution in [-0.2, 0) is 12.4 Å². The molecule has 0 saturated heterocycles. The third-order valence-electron chi connectivity index (χ3n) is 5.42. The van der Waals surface area contributed by atoms with Crippen molar-refractivity contribution in [2.24, 2.45) is 0 Å². The van der Waals surface area contributed by atoms with Gasteiger partial charge in [0.05, 0.1) is 16.7 Å². The summed E-state index contributed by atoms with van der Waals surface area (Å²) in [5, 5.41) is 0. The molecule has 1 heterocycles. The summed E-state index contributed by atoms with van der Waals surface area (Å²) in [6.45, 7) is 0. The van der Waals surface area contributed by atoms with Gasteiger partial charge in [-0.3, -0.25) is 0 Å². The second-order valence-electron chi connectivity index (χ2n) is 7.86. The molecule has 4 aromatic rings. The van der Waals surface area contributed by atoms with Crippen LogP contribution in [0.4, 0.5) is 48.3 Å². The number of benzene rings is 3. The molecule has 0 amide bonds. The molecule has 0 aliphatic rings. The first-order valence-electron chi connectivity index (χ1n) is 10.4. The van der Waals surface area contributed by atoms with Crippen LogP contribution in [0.15, 0.2) is 60.7 Å². The molecule has 0 spiro atoms. The van der Waals surface area contributed by atoms with Crippen molar-refractivity contribution < 1.29 is 48.3 Å². The minimum absolute atomic E-state index is 0.137. The molecule has 3 aromatic carbocycles. The van der Waals surface area contributed by atoms with Gasteiger partial charge in [0.25, 0.3) is 0 Å². The second-order valence-corrected chi connectivity index (χ2v) is 8.97. The van der Waals surface area contributed by atoms with Crippen molar-refractivity contribution in [3.8, 4) is 10.4 Å². The number of thiophene rings is 1. The summed E-state index contributed by atoms with van der Waals surface area (Å²) in [5.41, 5.74) is -2.67. The minimum Gasteiger partial charge on any atom is -0.203 e.